The number of carboxylic acids is 1. The molecule has 0 aliphatic carbocycles. The van der Waals surface area contributed by atoms with E-state index in [-0.39, 0.29) is 18.2 Å². The number of hydrogen-bond acceptors (Lipinski definition) is 3. The van der Waals surface area contributed by atoms with Crippen molar-refractivity contribution in [2.45, 2.75) is 26.2 Å². The van der Waals surface area contributed by atoms with Gasteiger partial charge in [-0.15, -0.1) is 0 Å². The van der Waals surface area contributed by atoms with Gasteiger partial charge in [0.15, 0.2) is 0 Å². The van der Waals surface area contributed by atoms with Crippen molar-refractivity contribution in [2.75, 3.05) is 13.1 Å². The Labute approximate surface area is 105 Å². The molecule has 0 radical (unpaired) electrons. The van der Waals surface area contributed by atoms with Crippen LogP contribution in [0.2, 0.25) is 0 Å². The number of piperidine rings is 1. The molecule has 1 aliphatic heterocycles. The number of aliphatic carboxylic acids is 1. The second kappa shape index (κ2) is 5.20. The summed E-state index contributed by atoms with van der Waals surface area (Å²) < 4.78 is 0. The Balaban J connectivity index is 1.92. The molecule has 6 nitrogen and oxygen atoms in total. The van der Waals surface area contributed by atoms with Crippen LogP contribution in [-0.4, -0.2) is 45.2 Å². The van der Waals surface area contributed by atoms with Crippen molar-refractivity contribution < 1.29 is 14.7 Å². The number of nitrogens with one attached hydrogen (secondary N) is 1. The van der Waals surface area contributed by atoms with Gasteiger partial charge in [0.05, 0.1) is 11.8 Å². The molecule has 1 amide bonds. The maximum Gasteiger partial charge on any atom is 0.303 e. The number of rotatable bonds is 3. The van der Waals surface area contributed by atoms with Crippen LogP contribution in [0.5, 0.6) is 0 Å². The molecule has 0 bridgehead atoms. The molecule has 2 N–H and O–H groups in total. The quantitative estimate of drug-likeness (QED) is 0.840. The number of hydrogen-bond donors (Lipinski definition) is 2. The number of aromatic amines is 1. The fourth-order valence-electron chi connectivity index (χ4n) is 2.32. The molecular weight excluding hydrogens is 234 g/mol. The first kappa shape index (κ1) is 12.6. The van der Waals surface area contributed by atoms with E-state index < -0.39 is 5.97 Å². The van der Waals surface area contributed by atoms with Gasteiger partial charge in [-0.3, -0.25) is 14.7 Å². The smallest absolute Gasteiger partial charge is 0.303 e. The van der Waals surface area contributed by atoms with E-state index in [0.29, 0.717) is 18.7 Å². The number of amides is 1. The maximum atomic E-state index is 12.2. The lowest BCUT2D eigenvalue weighted by Crippen LogP contribution is -2.39. The summed E-state index contributed by atoms with van der Waals surface area (Å²) >= 11 is 0. The Morgan fingerprint density at radius 1 is 1.50 bits per heavy atom. The molecule has 0 atom stereocenters. The molecule has 1 aliphatic rings. The summed E-state index contributed by atoms with van der Waals surface area (Å²) in [6.07, 6.45) is 3.26. The number of aryl methyl sites for hydroxylation is 1. The normalized spacial score (nSPS) is 16.8. The third-order valence-corrected chi connectivity index (χ3v) is 3.43. The largest absolute Gasteiger partial charge is 0.481 e. The summed E-state index contributed by atoms with van der Waals surface area (Å²) in [5.74, 6) is -0.586. The van der Waals surface area contributed by atoms with Crippen LogP contribution in [0.15, 0.2) is 6.20 Å². The minimum absolute atomic E-state index is 0.0185. The Kier molecular flexibility index (Phi) is 3.64. The second-order valence-electron chi connectivity index (χ2n) is 4.74. The van der Waals surface area contributed by atoms with Crippen molar-refractivity contribution in [3.05, 3.63) is 17.5 Å². The molecular formula is C12H17N3O3. The lowest BCUT2D eigenvalue weighted by molar-refractivity contribution is -0.138. The minimum Gasteiger partial charge on any atom is -0.481 e. The van der Waals surface area contributed by atoms with Gasteiger partial charge in [-0.1, -0.05) is 0 Å². The van der Waals surface area contributed by atoms with Crippen LogP contribution in [0.25, 0.3) is 0 Å². The number of carboxylic acid groups (broad SMARTS) is 1. The molecule has 2 heterocycles. The van der Waals surface area contributed by atoms with Crippen LogP contribution in [0.1, 0.15) is 35.3 Å². The summed E-state index contributed by atoms with van der Waals surface area (Å²) in [5, 5.41) is 15.3. The molecule has 1 saturated heterocycles. The fourth-order valence-corrected chi connectivity index (χ4v) is 2.32. The van der Waals surface area contributed by atoms with Gasteiger partial charge in [0.2, 0.25) is 0 Å². The van der Waals surface area contributed by atoms with E-state index in [1.807, 2.05) is 6.92 Å². The molecule has 2 rings (SSSR count). The van der Waals surface area contributed by atoms with Crippen molar-refractivity contribution in [3.63, 3.8) is 0 Å². The highest BCUT2D eigenvalue weighted by molar-refractivity contribution is 5.95. The van der Waals surface area contributed by atoms with Gasteiger partial charge in [-0.25, -0.2) is 0 Å². The molecule has 6 heteroatoms. The van der Waals surface area contributed by atoms with E-state index in [4.69, 9.17) is 5.11 Å². The Hall–Kier alpha value is -1.85. The number of carbonyl (C=O) groups is 2. The first-order chi connectivity index (χ1) is 8.58. The van der Waals surface area contributed by atoms with Gasteiger partial charge in [0.1, 0.15) is 0 Å². The predicted molar refractivity (Wildman–Crippen MR) is 64.2 cm³/mol. The van der Waals surface area contributed by atoms with Gasteiger partial charge < -0.3 is 10.0 Å². The Morgan fingerprint density at radius 3 is 2.67 bits per heavy atom. The second-order valence-corrected chi connectivity index (χ2v) is 4.74. The highest BCUT2D eigenvalue weighted by Gasteiger charge is 2.26. The van der Waals surface area contributed by atoms with E-state index in [1.54, 1.807) is 11.1 Å². The van der Waals surface area contributed by atoms with Crippen LogP contribution in [0.3, 0.4) is 0 Å². The van der Waals surface area contributed by atoms with Gasteiger partial charge in [0, 0.05) is 25.2 Å². The molecule has 18 heavy (non-hydrogen) atoms. The summed E-state index contributed by atoms with van der Waals surface area (Å²) in [5.41, 5.74) is 1.37. The van der Waals surface area contributed by atoms with Crippen LogP contribution < -0.4 is 0 Å². The third kappa shape index (κ3) is 2.69. The molecule has 0 unspecified atom stereocenters. The zero-order valence-corrected chi connectivity index (χ0v) is 10.3. The van der Waals surface area contributed by atoms with Crippen molar-refractivity contribution in [1.29, 1.82) is 0 Å². The molecule has 0 spiro atoms. The number of H-pyrrole nitrogens is 1. The summed E-state index contributed by atoms with van der Waals surface area (Å²) in [7, 11) is 0. The van der Waals surface area contributed by atoms with E-state index in [9.17, 15) is 9.59 Å². The summed E-state index contributed by atoms with van der Waals surface area (Å²) in [6.45, 7) is 3.07. The van der Waals surface area contributed by atoms with Crippen molar-refractivity contribution >= 4 is 11.9 Å². The topological polar surface area (TPSA) is 86.3 Å². The van der Waals surface area contributed by atoms with E-state index in [2.05, 4.69) is 10.2 Å². The molecule has 1 fully saturated rings. The first-order valence-corrected chi connectivity index (χ1v) is 6.09. The number of carbonyl (C=O) groups excluding carboxylic acids is 1. The van der Waals surface area contributed by atoms with E-state index >= 15 is 0 Å². The minimum atomic E-state index is -0.759. The van der Waals surface area contributed by atoms with Crippen molar-refractivity contribution in [3.8, 4) is 0 Å². The molecule has 0 saturated carbocycles. The lowest BCUT2D eigenvalue weighted by Gasteiger charge is -2.31. The van der Waals surface area contributed by atoms with Gasteiger partial charge in [-0.05, 0) is 25.7 Å². The van der Waals surface area contributed by atoms with Gasteiger partial charge in [0.25, 0.3) is 5.91 Å². The van der Waals surface area contributed by atoms with Gasteiger partial charge >= 0.3 is 5.97 Å². The lowest BCUT2D eigenvalue weighted by atomic mass is 9.93. The van der Waals surface area contributed by atoms with Crippen molar-refractivity contribution in [1.82, 2.24) is 15.1 Å². The predicted octanol–water partition coefficient (Wildman–Crippen LogP) is 1.05. The Morgan fingerprint density at radius 2 is 2.17 bits per heavy atom. The first-order valence-electron chi connectivity index (χ1n) is 6.09. The molecule has 1 aromatic rings. The van der Waals surface area contributed by atoms with Crippen LogP contribution in [0.4, 0.5) is 0 Å². The number of nitrogens with zero attached hydrogens (tertiary/aromatic N) is 2. The standard InChI is InChI=1S/C12H17N3O3/c1-8-10(7-13-14-8)12(18)15-4-2-9(3-5-15)6-11(16)17/h7,9H,2-6H2,1H3,(H,13,14)(H,16,17). The Bertz CT molecular complexity index is 447. The van der Waals surface area contributed by atoms with Crippen LogP contribution in [-0.2, 0) is 4.79 Å². The van der Waals surface area contributed by atoms with Crippen LogP contribution in [0, 0.1) is 12.8 Å². The summed E-state index contributed by atoms with van der Waals surface area (Å²) in [4.78, 5) is 24.6. The van der Waals surface area contributed by atoms with Crippen LogP contribution >= 0.6 is 0 Å². The zero-order chi connectivity index (χ0) is 13.1. The average Bonchev–Trinajstić information content (AvgIpc) is 2.75. The monoisotopic (exact) mass is 251 g/mol. The van der Waals surface area contributed by atoms with E-state index in [1.165, 1.54) is 0 Å². The maximum absolute atomic E-state index is 12.2. The highest BCUT2D eigenvalue weighted by Crippen LogP contribution is 2.22. The third-order valence-electron chi connectivity index (χ3n) is 3.43. The molecule has 98 valence electrons. The summed E-state index contributed by atoms with van der Waals surface area (Å²) in [6, 6.07) is 0. The molecule has 1 aromatic heterocycles. The zero-order valence-electron chi connectivity index (χ0n) is 10.3. The number of aromatic nitrogens is 2. The molecule has 0 aromatic carbocycles. The fraction of sp³-hybridized carbons (Fsp3) is 0.583. The van der Waals surface area contributed by atoms with E-state index in [0.717, 1.165) is 18.5 Å². The average molecular weight is 251 g/mol. The van der Waals surface area contributed by atoms with Gasteiger partial charge in [-0.2, -0.15) is 5.10 Å². The number of likely N-dealkylation sites (tertiary alicyclic amines) is 1. The SMILES string of the molecule is Cc1[nH]ncc1C(=O)N1CCC(CC(=O)O)CC1. The van der Waals surface area contributed by atoms with Crippen molar-refractivity contribution in [2.24, 2.45) is 5.92 Å². The highest BCUT2D eigenvalue weighted by atomic mass is 16.4.